The van der Waals surface area contributed by atoms with Gasteiger partial charge in [-0.15, -0.1) is 0 Å². The second-order valence-electron chi connectivity index (χ2n) is 3.53. The Kier molecular flexibility index (Phi) is 4.05. The summed E-state index contributed by atoms with van der Waals surface area (Å²) < 4.78 is 37.8. The molecular weight excluding hydrogens is 263 g/mol. The molecule has 4 nitrogen and oxygen atoms in total. The highest BCUT2D eigenvalue weighted by Crippen LogP contribution is 2.19. The minimum atomic E-state index is -3.66. The normalized spacial score (nSPS) is 13.1. The molecule has 1 unspecified atom stereocenters. The first-order chi connectivity index (χ1) is 7.76. The zero-order chi connectivity index (χ0) is 13.2. The quantitative estimate of drug-likeness (QED) is 0.841. The van der Waals surface area contributed by atoms with Crippen molar-refractivity contribution in [2.75, 3.05) is 11.4 Å². The maximum atomic E-state index is 12.7. The molecule has 1 atom stereocenters. The van der Waals surface area contributed by atoms with Crippen LogP contribution in [0.1, 0.15) is 6.92 Å². The van der Waals surface area contributed by atoms with E-state index in [-0.39, 0.29) is 4.99 Å². The van der Waals surface area contributed by atoms with Crippen molar-refractivity contribution in [3.63, 3.8) is 0 Å². The van der Waals surface area contributed by atoms with Crippen molar-refractivity contribution in [3.05, 3.63) is 30.1 Å². The van der Waals surface area contributed by atoms with E-state index >= 15 is 0 Å². The Morgan fingerprint density at radius 3 is 2.29 bits per heavy atom. The summed E-state index contributed by atoms with van der Waals surface area (Å²) in [6.07, 6.45) is 0. The molecule has 0 heterocycles. The largest absolute Gasteiger partial charge is 0.392 e. The molecule has 7 heteroatoms. The maximum absolute atomic E-state index is 12.7. The van der Waals surface area contributed by atoms with Gasteiger partial charge in [0.2, 0.25) is 10.0 Å². The van der Waals surface area contributed by atoms with Crippen LogP contribution in [-0.4, -0.2) is 25.7 Å². The van der Waals surface area contributed by atoms with Crippen LogP contribution in [0.4, 0.5) is 10.1 Å². The van der Waals surface area contributed by atoms with Gasteiger partial charge in [0.05, 0.1) is 10.7 Å². The Bertz CT molecular complexity index is 514. The second kappa shape index (κ2) is 4.97. The second-order valence-corrected chi connectivity index (χ2v) is 6.29. The fourth-order valence-electron chi connectivity index (χ4n) is 1.18. The van der Waals surface area contributed by atoms with E-state index in [0.717, 1.165) is 4.31 Å². The van der Waals surface area contributed by atoms with Crippen LogP contribution in [0.15, 0.2) is 24.3 Å². The predicted molar refractivity (Wildman–Crippen MR) is 70.0 cm³/mol. The zero-order valence-electron chi connectivity index (χ0n) is 9.42. The van der Waals surface area contributed by atoms with Gasteiger partial charge in [0.1, 0.15) is 11.1 Å². The lowest BCUT2D eigenvalue weighted by atomic mass is 10.3. The van der Waals surface area contributed by atoms with Crippen LogP contribution in [-0.2, 0) is 10.0 Å². The van der Waals surface area contributed by atoms with Gasteiger partial charge in [-0.05, 0) is 31.2 Å². The Balaban J connectivity index is 3.08. The van der Waals surface area contributed by atoms with Crippen molar-refractivity contribution in [3.8, 4) is 0 Å². The molecule has 0 amide bonds. The maximum Gasteiger partial charge on any atom is 0.244 e. The number of nitrogens with zero attached hydrogens (tertiary/aromatic N) is 1. The molecule has 0 saturated carbocycles. The van der Waals surface area contributed by atoms with Gasteiger partial charge in [-0.1, -0.05) is 12.2 Å². The molecule has 0 bridgehead atoms. The Morgan fingerprint density at radius 1 is 1.41 bits per heavy atom. The third-order valence-electron chi connectivity index (χ3n) is 2.42. The standard InChI is InChI=1S/C10H13FN2O2S2/c1-7(10(12)16)17(14,15)13(2)9-5-3-8(11)4-6-9/h3-7H,1-2H3,(H2,12,16). The molecule has 0 radical (unpaired) electrons. The first-order valence-electron chi connectivity index (χ1n) is 4.79. The van der Waals surface area contributed by atoms with E-state index in [4.69, 9.17) is 5.73 Å². The third-order valence-corrected chi connectivity index (χ3v) is 5.04. The fraction of sp³-hybridized carbons (Fsp3) is 0.300. The number of halogens is 1. The van der Waals surface area contributed by atoms with Crippen LogP contribution in [0.25, 0.3) is 0 Å². The van der Waals surface area contributed by atoms with Crippen molar-refractivity contribution < 1.29 is 12.8 Å². The Morgan fingerprint density at radius 2 is 1.88 bits per heavy atom. The number of thiocarbonyl (C=S) groups is 1. The smallest absolute Gasteiger partial charge is 0.244 e. The average Bonchev–Trinajstić information content (AvgIpc) is 2.27. The lowest BCUT2D eigenvalue weighted by molar-refractivity contribution is 0.591. The van der Waals surface area contributed by atoms with E-state index in [1.807, 2.05) is 0 Å². The van der Waals surface area contributed by atoms with Gasteiger partial charge >= 0.3 is 0 Å². The number of anilines is 1. The average molecular weight is 276 g/mol. The predicted octanol–water partition coefficient (Wildman–Crippen LogP) is 1.27. The van der Waals surface area contributed by atoms with Crippen LogP contribution in [0.5, 0.6) is 0 Å². The molecule has 1 aromatic carbocycles. The van der Waals surface area contributed by atoms with Crippen molar-refractivity contribution in [2.45, 2.75) is 12.2 Å². The zero-order valence-corrected chi connectivity index (χ0v) is 11.1. The summed E-state index contributed by atoms with van der Waals surface area (Å²) in [5, 5.41) is -0.965. The van der Waals surface area contributed by atoms with Gasteiger partial charge < -0.3 is 5.73 Å². The first-order valence-corrected chi connectivity index (χ1v) is 6.70. The molecule has 0 aromatic heterocycles. The van der Waals surface area contributed by atoms with E-state index < -0.39 is 21.1 Å². The summed E-state index contributed by atoms with van der Waals surface area (Å²) in [7, 11) is -2.29. The molecule has 2 N–H and O–H groups in total. The van der Waals surface area contributed by atoms with E-state index in [9.17, 15) is 12.8 Å². The summed E-state index contributed by atoms with van der Waals surface area (Å²) in [4.78, 5) is -0.0982. The topological polar surface area (TPSA) is 63.4 Å². The number of hydrogen-bond donors (Lipinski definition) is 1. The van der Waals surface area contributed by atoms with Crippen molar-refractivity contribution in [1.82, 2.24) is 0 Å². The van der Waals surface area contributed by atoms with Gasteiger partial charge in [-0.3, -0.25) is 4.31 Å². The van der Waals surface area contributed by atoms with E-state index in [1.165, 1.54) is 38.2 Å². The summed E-state index contributed by atoms with van der Waals surface area (Å²) >= 11 is 4.67. The molecule has 0 fully saturated rings. The highest BCUT2D eigenvalue weighted by Gasteiger charge is 2.28. The molecule has 0 spiro atoms. The molecule has 94 valence electrons. The molecular formula is C10H13FN2O2S2. The fourth-order valence-corrected chi connectivity index (χ4v) is 2.73. The molecule has 0 aliphatic carbocycles. The molecule has 0 aliphatic heterocycles. The van der Waals surface area contributed by atoms with Gasteiger partial charge in [0, 0.05) is 7.05 Å². The SMILES string of the molecule is CC(C(N)=S)S(=O)(=O)N(C)c1ccc(F)cc1. The monoisotopic (exact) mass is 276 g/mol. The van der Waals surface area contributed by atoms with Gasteiger partial charge in [-0.25, -0.2) is 12.8 Å². The minimum absolute atomic E-state index is 0.0982. The van der Waals surface area contributed by atoms with Crippen LogP contribution in [0, 0.1) is 5.82 Å². The van der Waals surface area contributed by atoms with Crippen LogP contribution >= 0.6 is 12.2 Å². The Labute approximate surface area is 105 Å². The Hall–Kier alpha value is -1.21. The van der Waals surface area contributed by atoms with Gasteiger partial charge in [-0.2, -0.15) is 0 Å². The highest BCUT2D eigenvalue weighted by molar-refractivity contribution is 7.95. The van der Waals surface area contributed by atoms with Crippen LogP contribution in [0.3, 0.4) is 0 Å². The summed E-state index contributed by atoms with van der Waals surface area (Å²) in [6.45, 7) is 1.41. The number of hydrogen-bond acceptors (Lipinski definition) is 3. The lowest BCUT2D eigenvalue weighted by Gasteiger charge is -2.23. The van der Waals surface area contributed by atoms with E-state index in [1.54, 1.807) is 0 Å². The van der Waals surface area contributed by atoms with Crippen molar-refractivity contribution >= 4 is 32.9 Å². The van der Waals surface area contributed by atoms with Crippen molar-refractivity contribution in [1.29, 1.82) is 0 Å². The summed E-state index contributed by atoms with van der Waals surface area (Å²) in [5.74, 6) is -0.429. The number of nitrogens with two attached hydrogens (primary N) is 1. The number of sulfonamides is 1. The summed E-state index contributed by atoms with van der Waals surface area (Å²) in [5.41, 5.74) is 5.68. The van der Waals surface area contributed by atoms with E-state index in [0.29, 0.717) is 5.69 Å². The molecule has 17 heavy (non-hydrogen) atoms. The molecule has 0 saturated heterocycles. The molecule has 1 rings (SSSR count). The minimum Gasteiger partial charge on any atom is -0.392 e. The number of rotatable bonds is 4. The van der Waals surface area contributed by atoms with Crippen LogP contribution < -0.4 is 10.0 Å². The summed E-state index contributed by atoms with van der Waals surface area (Å²) in [6, 6.07) is 5.12. The molecule has 0 aliphatic rings. The lowest BCUT2D eigenvalue weighted by Crippen LogP contribution is -2.41. The van der Waals surface area contributed by atoms with E-state index in [2.05, 4.69) is 12.2 Å². The van der Waals surface area contributed by atoms with Crippen LogP contribution in [0.2, 0.25) is 0 Å². The van der Waals surface area contributed by atoms with Crippen molar-refractivity contribution in [2.24, 2.45) is 5.73 Å². The number of benzene rings is 1. The van der Waals surface area contributed by atoms with Gasteiger partial charge in [0.15, 0.2) is 0 Å². The first kappa shape index (κ1) is 13.9. The highest BCUT2D eigenvalue weighted by atomic mass is 32.2. The third kappa shape index (κ3) is 2.92. The molecule has 1 aromatic rings. The van der Waals surface area contributed by atoms with Gasteiger partial charge in [0.25, 0.3) is 0 Å².